The fraction of sp³-hybridized carbons (Fsp3) is 0.643. The van der Waals surface area contributed by atoms with E-state index in [2.05, 4.69) is 10.5 Å². The van der Waals surface area contributed by atoms with Gasteiger partial charge in [-0.05, 0) is 25.7 Å². The zero-order valence-electron chi connectivity index (χ0n) is 10.2. The van der Waals surface area contributed by atoms with Gasteiger partial charge in [-0.1, -0.05) is 18.8 Å². The summed E-state index contributed by atoms with van der Waals surface area (Å²) < 4.78 is 2.07. The molecule has 0 radical (unpaired) electrons. The van der Waals surface area contributed by atoms with Gasteiger partial charge in [0.2, 0.25) is 0 Å². The van der Waals surface area contributed by atoms with Crippen LogP contribution in [0.25, 0.3) is 0 Å². The third kappa shape index (κ3) is 1.82. The van der Waals surface area contributed by atoms with Gasteiger partial charge in [0.1, 0.15) is 11.6 Å². The molecule has 90 valence electrons. The Balaban J connectivity index is 1.99. The maximum Gasteiger partial charge on any atom is 0.127 e. The summed E-state index contributed by atoms with van der Waals surface area (Å²) in [7, 11) is 0. The molecular formula is C14H19N3. The topological polar surface area (TPSA) is 43.8 Å². The van der Waals surface area contributed by atoms with E-state index in [1.54, 1.807) is 0 Å². The predicted octanol–water partition coefficient (Wildman–Crippen LogP) is 2.63. The second kappa shape index (κ2) is 4.10. The first kappa shape index (κ1) is 10.7. The first-order valence-electron chi connectivity index (χ1n) is 6.60. The number of nitrogens with two attached hydrogens (primary N) is 1. The highest BCUT2D eigenvalue weighted by atomic mass is 15.1. The Morgan fingerprint density at radius 3 is 2.53 bits per heavy atom. The van der Waals surface area contributed by atoms with E-state index >= 15 is 0 Å². The minimum atomic E-state index is 0.567. The number of aromatic nitrogens is 2. The lowest BCUT2D eigenvalue weighted by molar-refractivity contribution is 0.621. The van der Waals surface area contributed by atoms with Crippen molar-refractivity contribution in [2.75, 3.05) is 5.73 Å². The molecule has 3 rings (SSSR count). The largest absolute Gasteiger partial charge is 0.384 e. The maximum absolute atomic E-state index is 6.20. The third-order valence-electron chi connectivity index (χ3n) is 4.00. The number of rotatable bonds is 3. The Hall–Kier alpha value is -1.43. The number of anilines is 1. The van der Waals surface area contributed by atoms with E-state index in [1.165, 1.54) is 38.5 Å². The summed E-state index contributed by atoms with van der Waals surface area (Å²) in [4.78, 5) is 4.81. The molecule has 0 aliphatic heterocycles. The summed E-state index contributed by atoms with van der Waals surface area (Å²) in [5.74, 6) is 5.87. The van der Waals surface area contributed by atoms with Gasteiger partial charge in [-0.25, -0.2) is 4.98 Å². The van der Waals surface area contributed by atoms with Gasteiger partial charge in [0, 0.05) is 11.8 Å². The fourth-order valence-corrected chi connectivity index (χ4v) is 2.91. The second-order valence-corrected chi connectivity index (χ2v) is 5.29. The van der Waals surface area contributed by atoms with E-state index in [0.29, 0.717) is 18.4 Å². The molecule has 3 nitrogen and oxygen atoms in total. The molecule has 1 aromatic heterocycles. The molecule has 0 saturated heterocycles. The first-order chi connectivity index (χ1) is 8.31. The molecule has 2 aliphatic rings. The molecular weight excluding hydrogens is 210 g/mol. The van der Waals surface area contributed by atoms with Crippen LogP contribution in [0, 0.1) is 12.3 Å². The van der Waals surface area contributed by atoms with Crippen molar-refractivity contribution in [2.24, 2.45) is 0 Å². The van der Waals surface area contributed by atoms with Crippen LogP contribution < -0.4 is 5.73 Å². The fourth-order valence-electron chi connectivity index (χ4n) is 2.91. The highest BCUT2D eigenvalue weighted by Crippen LogP contribution is 2.44. The lowest BCUT2D eigenvalue weighted by Crippen LogP contribution is -2.09. The van der Waals surface area contributed by atoms with E-state index in [-0.39, 0.29) is 0 Å². The van der Waals surface area contributed by atoms with Crippen LogP contribution >= 0.6 is 0 Å². The molecule has 0 aromatic carbocycles. The molecule has 0 amide bonds. The zero-order valence-corrected chi connectivity index (χ0v) is 10.2. The minimum Gasteiger partial charge on any atom is -0.384 e. The van der Waals surface area contributed by atoms with E-state index in [4.69, 9.17) is 17.1 Å². The molecule has 1 aromatic rings. The van der Waals surface area contributed by atoms with Gasteiger partial charge in [0.25, 0.3) is 0 Å². The minimum absolute atomic E-state index is 0.567. The van der Waals surface area contributed by atoms with Crippen molar-refractivity contribution < 1.29 is 0 Å². The molecule has 1 heterocycles. The summed E-state index contributed by atoms with van der Waals surface area (Å²) in [6.07, 6.45) is 13.0. The normalized spacial score (nSPS) is 20.6. The van der Waals surface area contributed by atoms with Crippen LogP contribution in [0.3, 0.4) is 0 Å². The highest BCUT2D eigenvalue weighted by Gasteiger charge is 2.32. The molecule has 0 spiro atoms. The van der Waals surface area contributed by atoms with Crippen LogP contribution in [0.1, 0.15) is 61.9 Å². The van der Waals surface area contributed by atoms with Crippen molar-refractivity contribution in [2.45, 2.75) is 56.9 Å². The Bertz CT molecular complexity index is 457. The molecule has 0 unspecified atom stereocenters. The summed E-state index contributed by atoms with van der Waals surface area (Å²) >= 11 is 0. The lowest BCUT2D eigenvalue weighted by atomic mass is 10.1. The number of hydrogen-bond acceptors (Lipinski definition) is 2. The molecule has 2 aliphatic carbocycles. The number of nitrogen functional groups attached to an aromatic ring is 1. The second-order valence-electron chi connectivity index (χ2n) is 5.29. The van der Waals surface area contributed by atoms with Crippen LogP contribution in [0.4, 0.5) is 5.82 Å². The number of terminal acetylenes is 1. The molecule has 2 saturated carbocycles. The quantitative estimate of drug-likeness (QED) is 0.810. The molecule has 0 atom stereocenters. The SMILES string of the molecule is C#CCn1c(C2CCCC2)nc(C2CC2)c1N. The van der Waals surface area contributed by atoms with E-state index in [0.717, 1.165) is 17.3 Å². The van der Waals surface area contributed by atoms with Gasteiger partial charge in [-0.3, -0.25) is 0 Å². The van der Waals surface area contributed by atoms with E-state index in [9.17, 15) is 0 Å². The number of hydrogen-bond donors (Lipinski definition) is 1. The third-order valence-corrected chi connectivity index (χ3v) is 4.00. The van der Waals surface area contributed by atoms with Gasteiger partial charge in [-0.15, -0.1) is 6.42 Å². The van der Waals surface area contributed by atoms with Gasteiger partial charge < -0.3 is 10.3 Å². The summed E-state index contributed by atoms with van der Waals surface area (Å²) in [6.45, 7) is 0.567. The zero-order chi connectivity index (χ0) is 11.8. The van der Waals surface area contributed by atoms with Crippen molar-refractivity contribution in [1.82, 2.24) is 9.55 Å². The average Bonchev–Trinajstić information content (AvgIpc) is 2.91. The monoisotopic (exact) mass is 229 g/mol. The standard InChI is InChI=1S/C14H19N3/c1-2-9-17-13(15)12(10-7-8-10)16-14(17)11-5-3-4-6-11/h1,10-11H,3-9,15H2. The molecule has 2 fully saturated rings. The van der Waals surface area contributed by atoms with Gasteiger partial charge in [0.15, 0.2) is 0 Å². The summed E-state index contributed by atoms with van der Waals surface area (Å²) in [5, 5.41) is 0. The summed E-state index contributed by atoms with van der Waals surface area (Å²) in [5.41, 5.74) is 7.32. The van der Waals surface area contributed by atoms with Crippen LogP contribution in [-0.2, 0) is 6.54 Å². The van der Waals surface area contributed by atoms with Crippen molar-refractivity contribution in [1.29, 1.82) is 0 Å². The predicted molar refractivity (Wildman–Crippen MR) is 68.7 cm³/mol. The van der Waals surface area contributed by atoms with E-state index < -0.39 is 0 Å². The van der Waals surface area contributed by atoms with Gasteiger partial charge in [-0.2, -0.15) is 0 Å². The maximum atomic E-state index is 6.20. The molecule has 2 N–H and O–H groups in total. The van der Waals surface area contributed by atoms with Gasteiger partial charge >= 0.3 is 0 Å². The van der Waals surface area contributed by atoms with Gasteiger partial charge in [0.05, 0.1) is 12.2 Å². The Morgan fingerprint density at radius 2 is 1.94 bits per heavy atom. The smallest absolute Gasteiger partial charge is 0.127 e. The van der Waals surface area contributed by atoms with Crippen molar-refractivity contribution in [3.8, 4) is 12.3 Å². The Kier molecular flexibility index (Phi) is 2.58. The van der Waals surface area contributed by atoms with Crippen LogP contribution in [-0.4, -0.2) is 9.55 Å². The van der Waals surface area contributed by atoms with Crippen LogP contribution in [0.15, 0.2) is 0 Å². The molecule has 0 bridgehead atoms. The van der Waals surface area contributed by atoms with E-state index in [1.807, 2.05) is 0 Å². The summed E-state index contributed by atoms with van der Waals surface area (Å²) in [6, 6.07) is 0. The van der Waals surface area contributed by atoms with Crippen molar-refractivity contribution in [3.63, 3.8) is 0 Å². The number of nitrogens with zero attached hydrogens (tertiary/aromatic N) is 2. The van der Waals surface area contributed by atoms with Crippen LogP contribution in [0.2, 0.25) is 0 Å². The Morgan fingerprint density at radius 1 is 1.24 bits per heavy atom. The number of imidazole rings is 1. The van der Waals surface area contributed by atoms with Crippen molar-refractivity contribution >= 4 is 5.82 Å². The highest BCUT2D eigenvalue weighted by molar-refractivity contribution is 5.43. The van der Waals surface area contributed by atoms with Crippen molar-refractivity contribution in [3.05, 3.63) is 11.5 Å². The van der Waals surface area contributed by atoms with Crippen LogP contribution in [0.5, 0.6) is 0 Å². The molecule has 17 heavy (non-hydrogen) atoms. The Labute approximate surface area is 102 Å². The first-order valence-corrected chi connectivity index (χ1v) is 6.60. The molecule has 3 heteroatoms. The lowest BCUT2D eigenvalue weighted by Gasteiger charge is -2.11. The average molecular weight is 229 g/mol.